The van der Waals surface area contributed by atoms with Crippen molar-refractivity contribution in [2.24, 2.45) is 0 Å². The fraction of sp³-hybridized carbons (Fsp3) is 0.667. The minimum absolute atomic E-state index is 0. The summed E-state index contributed by atoms with van der Waals surface area (Å²) in [4.78, 5) is 22.3. The summed E-state index contributed by atoms with van der Waals surface area (Å²) in [5.74, 6) is -0.322. The van der Waals surface area contributed by atoms with Gasteiger partial charge in [0.2, 0.25) is 0 Å². The normalized spacial score (nSPS) is 15.8. The Bertz CT molecular complexity index is 300. The summed E-state index contributed by atoms with van der Waals surface area (Å²) >= 11 is 0. The molecule has 0 aliphatic heterocycles. The first-order chi connectivity index (χ1) is 8.37. The third kappa shape index (κ3) is 8.66. The molecule has 0 heterocycles. The van der Waals surface area contributed by atoms with Crippen LogP contribution >= 0.6 is 9.39 Å². The van der Waals surface area contributed by atoms with Crippen LogP contribution in [0.5, 0.6) is 0 Å². The van der Waals surface area contributed by atoms with Crippen molar-refractivity contribution in [1.82, 2.24) is 10.4 Å². The summed E-state index contributed by atoms with van der Waals surface area (Å²) in [6.45, 7) is 7.03. The number of ether oxygens (including phenoxy) is 1. The molecule has 0 spiro atoms. The first-order valence-electron chi connectivity index (χ1n) is 5.73. The summed E-state index contributed by atoms with van der Waals surface area (Å²) in [5, 5.41) is 5.82. The monoisotopic (exact) mass is 546 g/mol. The number of rotatable bonds is 9. The number of carbonyl (C=O) groups is 1. The van der Waals surface area contributed by atoms with Crippen LogP contribution in [-0.4, -0.2) is 30.4 Å². The standard InChI is InChI=1S/C12H22N2O3P.W.Y/c1-5-11(2,9-15)13-8-6-7-12(3,14-18)10(16)17-4;;/h5,8,13-14H,6-7,18H2,1-4H3;;/q-3;+2;. The van der Waals surface area contributed by atoms with E-state index in [1.807, 2.05) is 6.29 Å². The van der Waals surface area contributed by atoms with Crippen LogP contribution in [0.2, 0.25) is 0 Å². The molecule has 2 N–H and O–H groups in total. The third-order valence-electron chi connectivity index (χ3n) is 2.93. The number of hydrogen-bond acceptors (Lipinski definition) is 5. The fourth-order valence-corrected chi connectivity index (χ4v) is 1.54. The van der Waals surface area contributed by atoms with Gasteiger partial charge < -0.3 is 21.3 Å². The summed E-state index contributed by atoms with van der Waals surface area (Å²) in [7, 11) is 3.68. The topological polar surface area (TPSA) is 67.4 Å². The Morgan fingerprint density at radius 3 is 2.35 bits per heavy atom. The van der Waals surface area contributed by atoms with Gasteiger partial charge in [0.15, 0.2) is 0 Å². The number of methoxy groups -OCH3 is 1. The predicted octanol–water partition coefficient (Wildman–Crippen LogP) is 0.917. The first kappa shape index (κ1) is 26.2. The number of esters is 1. The smallest absolute Gasteiger partial charge is 0.543 e. The van der Waals surface area contributed by atoms with Gasteiger partial charge in [-0.25, -0.2) is 5.54 Å². The molecule has 0 aromatic rings. The molecule has 0 bridgehead atoms. The molecule has 113 valence electrons. The van der Waals surface area contributed by atoms with Gasteiger partial charge in [-0.15, -0.1) is 6.92 Å². The van der Waals surface area contributed by atoms with Gasteiger partial charge >= 0.3 is 27.0 Å². The van der Waals surface area contributed by atoms with E-state index >= 15 is 0 Å². The van der Waals surface area contributed by atoms with Crippen LogP contribution in [0.1, 0.15) is 33.6 Å². The van der Waals surface area contributed by atoms with E-state index in [0.29, 0.717) is 12.8 Å². The van der Waals surface area contributed by atoms with Crippen molar-refractivity contribution in [1.29, 1.82) is 0 Å². The quantitative estimate of drug-likeness (QED) is 0.195. The minimum atomic E-state index is -0.782. The van der Waals surface area contributed by atoms with Gasteiger partial charge in [-0.3, -0.25) is 22.7 Å². The van der Waals surface area contributed by atoms with Crippen LogP contribution in [-0.2, 0) is 68.1 Å². The molecule has 0 fully saturated rings. The van der Waals surface area contributed by atoms with Crippen molar-refractivity contribution in [3.05, 3.63) is 13.0 Å². The van der Waals surface area contributed by atoms with E-state index in [9.17, 15) is 9.59 Å². The van der Waals surface area contributed by atoms with E-state index < -0.39 is 11.1 Å². The molecular weight excluding hydrogens is 524 g/mol. The molecule has 0 saturated carbocycles. The van der Waals surface area contributed by atoms with E-state index in [0.717, 1.165) is 0 Å². The molecule has 1 radical (unpaired) electrons. The van der Waals surface area contributed by atoms with Crippen LogP contribution in [0.15, 0.2) is 0 Å². The number of carbonyl (C=O) groups excluding carboxylic acids is 2. The van der Waals surface area contributed by atoms with Crippen molar-refractivity contribution < 1.29 is 68.1 Å². The molecular formula is C12H22N2O3PWY-. The Morgan fingerprint density at radius 1 is 1.45 bits per heavy atom. The minimum Gasteiger partial charge on any atom is -0.543 e. The van der Waals surface area contributed by atoms with Crippen LogP contribution < -0.4 is 10.4 Å². The fourth-order valence-electron chi connectivity index (χ4n) is 1.28. The second kappa shape index (κ2) is 12.8. The number of nitrogens with one attached hydrogen (secondary N) is 2. The van der Waals surface area contributed by atoms with Gasteiger partial charge in [0.1, 0.15) is 5.54 Å². The largest absolute Gasteiger partial charge is 2.00 e. The van der Waals surface area contributed by atoms with Crippen molar-refractivity contribution >= 4 is 21.6 Å². The maximum atomic E-state index is 11.6. The molecule has 0 aromatic heterocycles. The summed E-state index contributed by atoms with van der Waals surface area (Å²) in [5.41, 5.74) is -1.54. The first-order valence-corrected chi connectivity index (χ1v) is 6.30. The average Bonchev–Trinajstić information content (AvgIpc) is 2.41. The summed E-state index contributed by atoms with van der Waals surface area (Å²) in [6, 6.07) is 0. The maximum Gasteiger partial charge on any atom is 2.00 e. The van der Waals surface area contributed by atoms with Crippen molar-refractivity contribution in [2.45, 2.75) is 44.7 Å². The SMILES string of the molecule is C[CH-]C(C)([C-]=O)N[CH-]CCC(C)(NP)C(=O)OC.[W+2].[Y]. The Hall–Kier alpha value is 1.28. The van der Waals surface area contributed by atoms with Crippen molar-refractivity contribution in [3.63, 3.8) is 0 Å². The molecule has 8 heteroatoms. The van der Waals surface area contributed by atoms with Crippen LogP contribution in [0, 0.1) is 13.0 Å². The Kier molecular flexibility index (Phi) is 16.7. The van der Waals surface area contributed by atoms with Gasteiger partial charge in [-0.1, -0.05) is 15.8 Å². The second-order valence-electron chi connectivity index (χ2n) is 4.45. The molecule has 3 atom stereocenters. The van der Waals surface area contributed by atoms with Crippen molar-refractivity contribution in [2.75, 3.05) is 7.11 Å². The van der Waals surface area contributed by atoms with Gasteiger partial charge in [0.05, 0.1) is 7.11 Å². The van der Waals surface area contributed by atoms with Gasteiger partial charge in [0.25, 0.3) is 0 Å². The molecule has 0 aliphatic carbocycles. The molecule has 0 rings (SSSR count). The van der Waals surface area contributed by atoms with E-state index in [1.165, 1.54) is 7.11 Å². The predicted molar refractivity (Wildman–Crippen MR) is 74.0 cm³/mol. The Labute approximate surface area is 163 Å². The zero-order chi connectivity index (χ0) is 14.2. The van der Waals surface area contributed by atoms with E-state index in [1.54, 1.807) is 33.7 Å². The zero-order valence-electron chi connectivity index (χ0n) is 12.4. The molecule has 20 heavy (non-hydrogen) atoms. The molecule has 3 unspecified atom stereocenters. The van der Waals surface area contributed by atoms with Crippen LogP contribution in [0.4, 0.5) is 0 Å². The molecule has 0 aromatic carbocycles. The summed E-state index contributed by atoms with van der Waals surface area (Å²) in [6.07, 6.45) is 4.80. The Morgan fingerprint density at radius 2 is 2.00 bits per heavy atom. The molecule has 0 aliphatic rings. The van der Waals surface area contributed by atoms with E-state index in [4.69, 9.17) is 4.74 Å². The molecule has 5 nitrogen and oxygen atoms in total. The Balaban J connectivity index is -0.00000144. The molecule has 0 saturated heterocycles. The van der Waals surface area contributed by atoms with E-state index in [2.05, 4.69) is 19.8 Å². The van der Waals surface area contributed by atoms with Crippen LogP contribution in [0.25, 0.3) is 0 Å². The van der Waals surface area contributed by atoms with E-state index in [-0.39, 0.29) is 59.7 Å². The van der Waals surface area contributed by atoms with Crippen molar-refractivity contribution in [3.8, 4) is 0 Å². The maximum absolute atomic E-state index is 11.6. The zero-order valence-corrected chi connectivity index (χ0v) is 19.3. The average molecular weight is 546 g/mol. The van der Waals surface area contributed by atoms with Gasteiger partial charge in [0, 0.05) is 32.7 Å². The van der Waals surface area contributed by atoms with Gasteiger partial charge in [-0.2, -0.15) is 13.3 Å². The second-order valence-corrected chi connectivity index (χ2v) is 4.74. The molecule has 0 amide bonds. The summed E-state index contributed by atoms with van der Waals surface area (Å²) < 4.78 is 4.73. The third-order valence-corrected chi connectivity index (χ3v) is 3.57. The number of hydrogen-bond donors (Lipinski definition) is 2. The van der Waals surface area contributed by atoms with Crippen LogP contribution in [0.3, 0.4) is 0 Å². The van der Waals surface area contributed by atoms with Gasteiger partial charge in [-0.05, 0) is 6.92 Å².